The Bertz CT molecular complexity index is 76.0. The molecule has 0 fully saturated rings. The van der Waals surface area contributed by atoms with Crippen LogP contribution in [0, 0.1) is 12.8 Å². The maximum absolute atomic E-state index is 3.92. The molecular weight excluding hydrogens is 96.1 g/mol. The van der Waals surface area contributed by atoms with Gasteiger partial charge in [-0.2, -0.15) is 5.92 Å². The molecule has 8 heavy (non-hydrogen) atoms. The van der Waals surface area contributed by atoms with Gasteiger partial charge in [-0.25, -0.2) is 0 Å². The van der Waals surface area contributed by atoms with Crippen LogP contribution in [0.3, 0.4) is 0 Å². The van der Waals surface area contributed by atoms with Gasteiger partial charge in [0.15, 0.2) is 0 Å². The molecule has 0 heteroatoms. The Hall–Kier alpha value is -0.260. The zero-order chi connectivity index (χ0) is 6.57. The Morgan fingerprint density at radius 3 is 2.25 bits per heavy atom. The Morgan fingerprint density at radius 2 is 2.12 bits per heavy atom. The van der Waals surface area contributed by atoms with Crippen LogP contribution in [0.5, 0.6) is 0 Å². The van der Waals surface area contributed by atoms with E-state index in [4.69, 9.17) is 0 Å². The third-order valence-electron chi connectivity index (χ3n) is 1.09. The van der Waals surface area contributed by atoms with E-state index in [1.165, 1.54) is 5.57 Å². The van der Waals surface area contributed by atoms with Gasteiger partial charge in [-0.3, -0.25) is 0 Å². The molecule has 0 aromatic heterocycles. The van der Waals surface area contributed by atoms with Crippen LogP contribution in [0.2, 0.25) is 0 Å². The topological polar surface area (TPSA) is 0 Å². The number of hydrogen-bond donors (Lipinski definition) is 0. The highest BCUT2D eigenvalue weighted by Gasteiger charge is 1.82. The monoisotopic (exact) mass is 111 g/mol. The van der Waals surface area contributed by atoms with E-state index in [-0.39, 0.29) is 0 Å². The average Bonchev–Trinajstić information content (AvgIpc) is 1.65. The third kappa shape index (κ3) is 3.91. The van der Waals surface area contributed by atoms with E-state index in [1.807, 2.05) is 0 Å². The number of rotatable bonds is 2. The molecular formula is C8H15-. The van der Waals surface area contributed by atoms with E-state index in [0.717, 1.165) is 6.42 Å². The van der Waals surface area contributed by atoms with Crippen LogP contribution >= 0.6 is 0 Å². The average molecular weight is 111 g/mol. The van der Waals surface area contributed by atoms with Crippen molar-refractivity contribution in [3.63, 3.8) is 0 Å². The maximum atomic E-state index is 3.92. The van der Waals surface area contributed by atoms with Crippen molar-refractivity contribution < 1.29 is 0 Å². The Labute approximate surface area is 52.6 Å². The molecule has 0 spiro atoms. The van der Waals surface area contributed by atoms with Gasteiger partial charge in [0.1, 0.15) is 0 Å². The summed E-state index contributed by atoms with van der Waals surface area (Å²) in [6, 6.07) is 0. The fourth-order valence-corrected chi connectivity index (χ4v) is 0.589. The quantitative estimate of drug-likeness (QED) is 0.379. The lowest BCUT2D eigenvalue weighted by molar-refractivity contribution is 0.763. The summed E-state index contributed by atoms with van der Waals surface area (Å²) >= 11 is 0. The zero-order valence-electron chi connectivity index (χ0n) is 6.07. The van der Waals surface area contributed by atoms with E-state index in [2.05, 4.69) is 33.8 Å². The predicted molar refractivity (Wildman–Crippen MR) is 38.6 cm³/mol. The predicted octanol–water partition coefficient (Wildman–Crippen LogP) is 2.81. The molecule has 0 aliphatic heterocycles. The second kappa shape index (κ2) is 3.71. The van der Waals surface area contributed by atoms with E-state index in [9.17, 15) is 0 Å². The van der Waals surface area contributed by atoms with Crippen LogP contribution in [0.25, 0.3) is 0 Å². The van der Waals surface area contributed by atoms with E-state index >= 15 is 0 Å². The second-order valence-electron chi connectivity index (χ2n) is 2.41. The molecule has 1 atom stereocenters. The van der Waals surface area contributed by atoms with Crippen molar-refractivity contribution in [1.29, 1.82) is 0 Å². The summed E-state index contributed by atoms with van der Waals surface area (Å²) in [5, 5.41) is 0. The van der Waals surface area contributed by atoms with Crippen LogP contribution in [-0.4, -0.2) is 0 Å². The van der Waals surface area contributed by atoms with Crippen LogP contribution in [-0.2, 0) is 0 Å². The summed E-state index contributed by atoms with van der Waals surface area (Å²) < 4.78 is 0. The van der Waals surface area contributed by atoms with Gasteiger partial charge in [-0.1, -0.05) is 18.9 Å². The van der Waals surface area contributed by atoms with Crippen molar-refractivity contribution in [3.8, 4) is 0 Å². The Kier molecular flexibility index (Phi) is 3.59. The first kappa shape index (κ1) is 7.74. The van der Waals surface area contributed by atoms with Gasteiger partial charge in [0.05, 0.1) is 0 Å². The summed E-state index contributed by atoms with van der Waals surface area (Å²) in [6.07, 6.45) is 3.34. The molecule has 48 valence electrons. The van der Waals surface area contributed by atoms with Crippen LogP contribution in [0.15, 0.2) is 11.6 Å². The van der Waals surface area contributed by atoms with Crippen molar-refractivity contribution in [2.24, 2.45) is 5.92 Å². The first-order valence-electron chi connectivity index (χ1n) is 3.15. The van der Waals surface area contributed by atoms with Gasteiger partial charge in [-0.05, 0) is 13.8 Å². The summed E-state index contributed by atoms with van der Waals surface area (Å²) in [6.45, 7) is 10.3. The Morgan fingerprint density at radius 1 is 1.62 bits per heavy atom. The zero-order valence-corrected chi connectivity index (χ0v) is 6.07. The van der Waals surface area contributed by atoms with Gasteiger partial charge in [0.2, 0.25) is 0 Å². The molecule has 0 aromatic carbocycles. The fourth-order valence-electron chi connectivity index (χ4n) is 0.589. The highest BCUT2D eigenvalue weighted by atomic mass is 14.0. The van der Waals surface area contributed by atoms with E-state index < -0.39 is 0 Å². The molecule has 0 aliphatic carbocycles. The maximum Gasteiger partial charge on any atom is -0.0443 e. The first-order chi connectivity index (χ1) is 3.66. The lowest BCUT2D eigenvalue weighted by atomic mass is 10.1. The Balaban J connectivity index is 3.51. The molecule has 0 aromatic rings. The van der Waals surface area contributed by atoms with E-state index in [1.54, 1.807) is 0 Å². The molecule has 0 bridgehead atoms. The highest BCUT2D eigenvalue weighted by Crippen LogP contribution is 2.04. The van der Waals surface area contributed by atoms with Gasteiger partial charge in [-0.15, -0.1) is 6.08 Å². The van der Waals surface area contributed by atoms with Crippen LogP contribution < -0.4 is 0 Å². The number of hydrogen-bond acceptors (Lipinski definition) is 0. The normalized spacial score (nSPS) is 13.0. The molecule has 1 unspecified atom stereocenters. The molecule has 0 saturated heterocycles. The lowest BCUT2D eigenvalue weighted by Gasteiger charge is -2.07. The van der Waals surface area contributed by atoms with Crippen LogP contribution in [0.4, 0.5) is 0 Å². The van der Waals surface area contributed by atoms with Gasteiger partial charge in [0, 0.05) is 0 Å². The van der Waals surface area contributed by atoms with Crippen molar-refractivity contribution in [3.05, 3.63) is 18.6 Å². The van der Waals surface area contributed by atoms with Crippen molar-refractivity contribution >= 4 is 0 Å². The molecule has 0 radical (unpaired) electrons. The summed E-state index contributed by atoms with van der Waals surface area (Å²) in [5.41, 5.74) is 1.37. The lowest BCUT2D eigenvalue weighted by Crippen LogP contribution is -1.85. The third-order valence-corrected chi connectivity index (χ3v) is 1.09. The van der Waals surface area contributed by atoms with Crippen LogP contribution in [0.1, 0.15) is 27.2 Å². The molecule has 0 rings (SSSR count). The fraction of sp³-hybridized carbons (Fsp3) is 0.625. The highest BCUT2D eigenvalue weighted by molar-refractivity contribution is 4.97. The van der Waals surface area contributed by atoms with Crippen molar-refractivity contribution in [1.82, 2.24) is 0 Å². The smallest absolute Gasteiger partial charge is 0.0443 e. The molecule has 0 N–H and O–H groups in total. The summed E-state index contributed by atoms with van der Waals surface area (Å²) in [5.74, 6) is 0.514. The van der Waals surface area contributed by atoms with Gasteiger partial charge < -0.3 is 6.92 Å². The van der Waals surface area contributed by atoms with Gasteiger partial charge in [0.25, 0.3) is 0 Å². The molecule has 0 amide bonds. The second-order valence-corrected chi connectivity index (χ2v) is 2.41. The molecule has 0 saturated carbocycles. The minimum Gasteiger partial charge on any atom is -0.337 e. The first-order valence-corrected chi connectivity index (χ1v) is 3.15. The minimum absolute atomic E-state index is 0.514. The molecule has 0 aliphatic rings. The van der Waals surface area contributed by atoms with Crippen molar-refractivity contribution in [2.75, 3.05) is 0 Å². The standard InChI is InChI=1S/C8H15/c1-5-8(4)6-7(2)3/h6,8H,4-5H2,1-3H3/q-1. The SMILES string of the molecule is [CH2-]C(C=C(C)C)CC. The van der Waals surface area contributed by atoms with Crippen molar-refractivity contribution in [2.45, 2.75) is 27.2 Å². The minimum atomic E-state index is 0.514. The van der Waals surface area contributed by atoms with E-state index in [0.29, 0.717) is 5.92 Å². The van der Waals surface area contributed by atoms with Gasteiger partial charge >= 0.3 is 0 Å². The summed E-state index contributed by atoms with van der Waals surface area (Å²) in [4.78, 5) is 0. The largest absolute Gasteiger partial charge is 0.337 e. The molecule has 0 nitrogen and oxygen atoms in total. The summed E-state index contributed by atoms with van der Waals surface area (Å²) in [7, 11) is 0. The molecule has 0 heterocycles. The number of allylic oxidation sites excluding steroid dienone is 2.